The van der Waals surface area contributed by atoms with Gasteiger partial charge >= 0.3 is 0 Å². The van der Waals surface area contributed by atoms with Crippen molar-refractivity contribution in [3.8, 4) is 0 Å². The molecule has 0 amide bonds. The Morgan fingerprint density at radius 1 is 1.50 bits per heavy atom. The summed E-state index contributed by atoms with van der Waals surface area (Å²) in [6.07, 6.45) is 4.78. The molecule has 12 heavy (non-hydrogen) atoms. The van der Waals surface area contributed by atoms with E-state index in [1.54, 1.807) is 18.5 Å². The van der Waals surface area contributed by atoms with E-state index in [1.807, 2.05) is 0 Å². The molecule has 0 aromatic heterocycles. The van der Waals surface area contributed by atoms with Crippen molar-refractivity contribution in [2.45, 2.75) is 0 Å². The third-order valence-corrected chi connectivity index (χ3v) is 1.31. The van der Waals surface area contributed by atoms with Gasteiger partial charge in [0.15, 0.2) is 6.79 Å². The Balaban J connectivity index is 2.58. The second kappa shape index (κ2) is 4.51. The molecule has 0 saturated carbocycles. The summed E-state index contributed by atoms with van der Waals surface area (Å²) in [5.74, 6) is 0.680. The highest BCUT2D eigenvalue weighted by atomic mass is 16.7. The van der Waals surface area contributed by atoms with Crippen LogP contribution in [0.1, 0.15) is 0 Å². The van der Waals surface area contributed by atoms with E-state index < -0.39 is 0 Å². The lowest BCUT2D eigenvalue weighted by atomic mass is 10.3. The van der Waals surface area contributed by atoms with Crippen LogP contribution in [0.4, 0.5) is 0 Å². The number of allylic oxidation sites excluding steroid dienone is 1. The van der Waals surface area contributed by atoms with E-state index in [-0.39, 0.29) is 6.79 Å². The third kappa shape index (κ3) is 2.36. The Morgan fingerprint density at radius 2 is 2.33 bits per heavy atom. The molecule has 0 unspecified atom stereocenters. The Hall–Kier alpha value is -1.35. The van der Waals surface area contributed by atoms with Gasteiger partial charge in [-0.1, -0.05) is 19.2 Å². The molecule has 0 aromatic carbocycles. The first kappa shape index (κ1) is 8.74. The second-order valence-electron chi connectivity index (χ2n) is 2.24. The molecule has 1 heterocycles. The Kier molecular flexibility index (Phi) is 3.29. The number of hydrogen-bond donors (Lipinski definition) is 0. The molecule has 0 spiro atoms. The summed E-state index contributed by atoms with van der Waals surface area (Å²) in [4.78, 5) is 3.92. The van der Waals surface area contributed by atoms with Crippen molar-refractivity contribution in [3.63, 3.8) is 0 Å². The molecule has 1 aliphatic rings. The molecule has 1 saturated heterocycles. The van der Waals surface area contributed by atoms with Crippen molar-refractivity contribution in [2.75, 3.05) is 13.4 Å². The topological polar surface area (TPSA) is 30.8 Å². The first-order valence-electron chi connectivity index (χ1n) is 3.57. The van der Waals surface area contributed by atoms with E-state index in [0.717, 1.165) is 5.57 Å². The largest absolute Gasteiger partial charge is 0.466 e. The number of hydrogen-bond acceptors (Lipinski definition) is 3. The second-order valence-corrected chi connectivity index (χ2v) is 2.24. The zero-order chi connectivity index (χ0) is 8.81. The highest BCUT2D eigenvalue weighted by Crippen LogP contribution is 2.14. The van der Waals surface area contributed by atoms with Crippen LogP contribution < -0.4 is 0 Å². The fourth-order valence-corrected chi connectivity index (χ4v) is 0.743. The van der Waals surface area contributed by atoms with Crippen molar-refractivity contribution in [1.29, 1.82) is 0 Å². The quantitative estimate of drug-likeness (QED) is 0.582. The zero-order valence-corrected chi connectivity index (χ0v) is 6.82. The molecule has 0 aliphatic carbocycles. The fourth-order valence-electron chi connectivity index (χ4n) is 0.743. The first-order valence-corrected chi connectivity index (χ1v) is 3.57. The number of nitrogens with zero attached hydrogens (tertiary/aromatic N) is 1. The van der Waals surface area contributed by atoms with Gasteiger partial charge in [0.25, 0.3) is 0 Å². The summed E-state index contributed by atoms with van der Waals surface area (Å²) in [6.45, 7) is 8.03. The Labute approximate surface area is 71.7 Å². The van der Waals surface area contributed by atoms with Gasteiger partial charge in [0.1, 0.15) is 5.76 Å². The van der Waals surface area contributed by atoms with Crippen molar-refractivity contribution in [1.82, 2.24) is 0 Å². The molecule has 64 valence electrons. The minimum atomic E-state index is 0.272. The van der Waals surface area contributed by atoms with Gasteiger partial charge in [0.2, 0.25) is 0 Å². The fraction of sp³-hybridized carbons (Fsp3) is 0.222. The average molecular weight is 165 g/mol. The van der Waals surface area contributed by atoms with Crippen LogP contribution in [0.15, 0.2) is 41.8 Å². The molecule has 3 nitrogen and oxygen atoms in total. The van der Waals surface area contributed by atoms with Gasteiger partial charge in [0.05, 0.1) is 12.8 Å². The lowest BCUT2D eigenvalue weighted by Gasteiger charge is -2.17. The predicted molar refractivity (Wildman–Crippen MR) is 47.8 cm³/mol. The SMILES string of the molecule is C=C/C=N\C=C1\OCOCC1=C. The molecule has 3 heteroatoms. The summed E-state index contributed by atoms with van der Waals surface area (Å²) >= 11 is 0. The molecule has 0 atom stereocenters. The average Bonchev–Trinajstić information content (AvgIpc) is 2.09. The van der Waals surface area contributed by atoms with Crippen LogP contribution >= 0.6 is 0 Å². The van der Waals surface area contributed by atoms with Gasteiger partial charge in [-0.05, 0) is 0 Å². The van der Waals surface area contributed by atoms with Gasteiger partial charge in [-0.25, -0.2) is 0 Å². The maximum atomic E-state index is 5.13. The highest BCUT2D eigenvalue weighted by Gasteiger charge is 2.09. The molecule has 1 rings (SSSR count). The first-order chi connectivity index (χ1) is 5.84. The number of ether oxygens (including phenoxy) is 2. The van der Waals surface area contributed by atoms with Crippen molar-refractivity contribution in [3.05, 3.63) is 36.8 Å². The number of aliphatic imine (C=N–C) groups is 1. The van der Waals surface area contributed by atoms with Crippen LogP contribution in [0, 0.1) is 0 Å². The van der Waals surface area contributed by atoms with Gasteiger partial charge in [0, 0.05) is 11.8 Å². The van der Waals surface area contributed by atoms with Crippen molar-refractivity contribution >= 4 is 6.21 Å². The van der Waals surface area contributed by atoms with E-state index >= 15 is 0 Å². The van der Waals surface area contributed by atoms with E-state index in [0.29, 0.717) is 12.4 Å². The van der Waals surface area contributed by atoms with E-state index in [9.17, 15) is 0 Å². The van der Waals surface area contributed by atoms with Crippen molar-refractivity contribution < 1.29 is 9.47 Å². The van der Waals surface area contributed by atoms with Gasteiger partial charge < -0.3 is 9.47 Å². The molecule has 1 fully saturated rings. The lowest BCUT2D eigenvalue weighted by molar-refractivity contribution is -0.0368. The van der Waals surface area contributed by atoms with Crippen LogP contribution in [0.3, 0.4) is 0 Å². The van der Waals surface area contributed by atoms with Crippen molar-refractivity contribution in [2.24, 2.45) is 4.99 Å². The smallest absolute Gasteiger partial charge is 0.189 e. The van der Waals surface area contributed by atoms with Crippen LogP contribution in [0.5, 0.6) is 0 Å². The molecule has 0 N–H and O–H groups in total. The molecule has 0 bridgehead atoms. The van der Waals surface area contributed by atoms with Gasteiger partial charge in [-0.15, -0.1) is 0 Å². The van der Waals surface area contributed by atoms with Gasteiger partial charge in [-0.2, -0.15) is 0 Å². The van der Waals surface area contributed by atoms with Crippen LogP contribution in [-0.2, 0) is 9.47 Å². The lowest BCUT2D eigenvalue weighted by Crippen LogP contribution is -2.12. The minimum Gasteiger partial charge on any atom is -0.466 e. The summed E-state index contributed by atoms with van der Waals surface area (Å²) in [5, 5.41) is 0. The van der Waals surface area contributed by atoms with Gasteiger partial charge in [-0.3, -0.25) is 4.99 Å². The predicted octanol–water partition coefficient (Wildman–Crippen LogP) is 1.65. The minimum absolute atomic E-state index is 0.272. The maximum Gasteiger partial charge on any atom is 0.189 e. The summed E-state index contributed by atoms with van der Waals surface area (Å²) in [5.41, 5.74) is 0.808. The van der Waals surface area contributed by atoms with Crippen LogP contribution in [0.2, 0.25) is 0 Å². The summed E-state index contributed by atoms with van der Waals surface area (Å²) in [7, 11) is 0. The molecular weight excluding hydrogens is 154 g/mol. The zero-order valence-electron chi connectivity index (χ0n) is 6.82. The highest BCUT2D eigenvalue weighted by molar-refractivity contribution is 5.70. The van der Waals surface area contributed by atoms with Crippen LogP contribution in [0.25, 0.3) is 0 Å². The normalized spacial score (nSPS) is 21.3. The monoisotopic (exact) mass is 165 g/mol. The standard InChI is InChI=1S/C9H11NO2/c1-3-4-10-5-9-8(2)6-11-7-12-9/h3-5H,1-2,6-7H2/b9-5+,10-4-. The van der Waals surface area contributed by atoms with Crippen LogP contribution in [-0.4, -0.2) is 19.6 Å². The Morgan fingerprint density at radius 3 is 3.00 bits per heavy atom. The Bertz CT molecular complexity index is 241. The molecule has 1 aliphatic heterocycles. The molecule has 0 radical (unpaired) electrons. The number of rotatable bonds is 2. The molecule has 0 aromatic rings. The maximum absolute atomic E-state index is 5.13. The van der Waals surface area contributed by atoms with E-state index in [1.165, 1.54) is 0 Å². The van der Waals surface area contributed by atoms with E-state index in [4.69, 9.17) is 9.47 Å². The summed E-state index contributed by atoms with van der Waals surface area (Å²) < 4.78 is 10.1. The summed E-state index contributed by atoms with van der Waals surface area (Å²) in [6, 6.07) is 0. The third-order valence-electron chi connectivity index (χ3n) is 1.31. The van der Waals surface area contributed by atoms with E-state index in [2.05, 4.69) is 18.2 Å². The molecular formula is C9H11NO2.